The smallest absolute Gasteiger partial charge is 0.353 e. The number of ether oxygens (including phenoxy) is 1. The van der Waals surface area contributed by atoms with Gasteiger partial charge in [-0.2, -0.15) is 0 Å². The van der Waals surface area contributed by atoms with Gasteiger partial charge in [-0.25, -0.2) is 0 Å². The maximum atomic E-state index is 5.40. The summed E-state index contributed by atoms with van der Waals surface area (Å²) in [5.41, 5.74) is 0.333. The quantitative estimate of drug-likeness (QED) is 0.428. The van der Waals surface area contributed by atoms with E-state index in [1.54, 1.807) is 0 Å². The van der Waals surface area contributed by atoms with Crippen LogP contribution in [0.5, 0.6) is 0 Å². The van der Waals surface area contributed by atoms with Crippen molar-refractivity contribution in [3.8, 4) is 0 Å². The summed E-state index contributed by atoms with van der Waals surface area (Å²) in [6, 6.07) is 0. The molecule has 0 spiro atoms. The molecular formula is C6H14O3Si. The molecule has 1 aliphatic heterocycles. The molecule has 1 heterocycles. The molecular weight excluding hydrogens is 148 g/mol. The highest BCUT2D eigenvalue weighted by atomic mass is 28.3. The lowest BCUT2D eigenvalue weighted by Gasteiger charge is -2.10. The van der Waals surface area contributed by atoms with Crippen molar-refractivity contribution in [3.63, 3.8) is 0 Å². The van der Waals surface area contributed by atoms with Gasteiger partial charge in [-0.05, 0) is 13.8 Å². The third kappa shape index (κ3) is 2.38. The van der Waals surface area contributed by atoms with Crippen molar-refractivity contribution in [2.75, 3.05) is 19.8 Å². The molecule has 0 bridgehead atoms. The van der Waals surface area contributed by atoms with Crippen LogP contribution in [0.25, 0.3) is 0 Å². The number of hydrogen-bond donors (Lipinski definition) is 0. The van der Waals surface area contributed by atoms with E-state index < -0.39 is 9.28 Å². The first kappa shape index (κ1) is 8.20. The van der Waals surface area contributed by atoms with E-state index in [0.29, 0.717) is 5.73 Å². The first-order chi connectivity index (χ1) is 4.88. The van der Waals surface area contributed by atoms with Gasteiger partial charge in [-0.3, -0.25) is 0 Å². The van der Waals surface area contributed by atoms with Crippen LogP contribution < -0.4 is 0 Å². The van der Waals surface area contributed by atoms with Gasteiger partial charge in [0.1, 0.15) is 5.73 Å². The van der Waals surface area contributed by atoms with Crippen molar-refractivity contribution in [3.05, 3.63) is 0 Å². The average Bonchev–Trinajstić information content (AvgIpc) is 2.69. The summed E-state index contributed by atoms with van der Waals surface area (Å²) in [5.74, 6) is 0. The summed E-state index contributed by atoms with van der Waals surface area (Å²) in [4.78, 5) is 0. The van der Waals surface area contributed by atoms with E-state index in [0.717, 1.165) is 19.8 Å². The van der Waals surface area contributed by atoms with E-state index in [1.807, 2.05) is 13.8 Å². The average molecular weight is 162 g/mol. The molecule has 4 heteroatoms. The molecule has 0 aliphatic carbocycles. The number of hydrogen-bond acceptors (Lipinski definition) is 3. The van der Waals surface area contributed by atoms with Gasteiger partial charge in [0, 0.05) is 13.2 Å². The summed E-state index contributed by atoms with van der Waals surface area (Å²) in [7, 11) is -1.42. The minimum absolute atomic E-state index is 0.333. The first-order valence-electron chi connectivity index (χ1n) is 3.73. The van der Waals surface area contributed by atoms with Gasteiger partial charge in [0.05, 0.1) is 6.61 Å². The Balaban J connectivity index is 2.13. The Labute approximate surface area is 63.1 Å². The lowest BCUT2D eigenvalue weighted by atomic mass is 10.9. The van der Waals surface area contributed by atoms with E-state index in [-0.39, 0.29) is 0 Å². The van der Waals surface area contributed by atoms with Crippen LogP contribution in [0, 0.1) is 0 Å². The Morgan fingerprint density at radius 1 is 1.40 bits per heavy atom. The highest BCUT2D eigenvalue weighted by molar-refractivity contribution is 6.47. The molecule has 1 atom stereocenters. The molecule has 10 heavy (non-hydrogen) atoms. The summed E-state index contributed by atoms with van der Waals surface area (Å²) in [6.07, 6.45) is 0. The van der Waals surface area contributed by atoms with Gasteiger partial charge < -0.3 is 13.6 Å². The minimum atomic E-state index is -1.42. The molecule has 0 aromatic carbocycles. The van der Waals surface area contributed by atoms with Crippen LogP contribution in [0.4, 0.5) is 0 Å². The van der Waals surface area contributed by atoms with Crippen molar-refractivity contribution in [1.29, 1.82) is 0 Å². The van der Waals surface area contributed by atoms with Crippen LogP contribution in [0.15, 0.2) is 0 Å². The SMILES string of the molecule is CCO[SiH](OCC)C1CO1. The number of rotatable bonds is 5. The molecule has 1 fully saturated rings. The Kier molecular flexibility index (Phi) is 3.34. The zero-order valence-electron chi connectivity index (χ0n) is 6.50. The third-order valence-corrected chi connectivity index (χ3v) is 3.64. The Morgan fingerprint density at radius 2 is 1.90 bits per heavy atom. The predicted molar refractivity (Wildman–Crippen MR) is 40.1 cm³/mol. The topological polar surface area (TPSA) is 31.0 Å². The van der Waals surface area contributed by atoms with E-state index in [1.165, 1.54) is 0 Å². The molecule has 0 saturated carbocycles. The van der Waals surface area contributed by atoms with Crippen LogP contribution in [0.2, 0.25) is 0 Å². The van der Waals surface area contributed by atoms with Crippen molar-refractivity contribution in [1.82, 2.24) is 0 Å². The molecule has 1 aliphatic rings. The van der Waals surface area contributed by atoms with Gasteiger partial charge in [-0.15, -0.1) is 0 Å². The molecule has 0 amide bonds. The van der Waals surface area contributed by atoms with E-state index in [4.69, 9.17) is 13.6 Å². The first-order valence-corrected chi connectivity index (χ1v) is 5.34. The molecule has 1 rings (SSSR count). The van der Waals surface area contributed by atoms with E-state index in [2.05, 4.69) is 0 Å². The Hall–Kier alpha value is 0.0969. The third-order valence-electron chi connectivity index (χ3n) is 1.32. The lowest BCUT2D eigenvalue weighted by Crippen LogP contribution is -2.29. The van der Waals surface area contributed by atoms with Crippen molar-refractivity contribution in [2.24, 2.45) is 0 Å². The second-order valence-electron chi connectivity index (χ2n) is 2.15. The fraction of sp³-hybridized carbons (Fsp3) is 1.00. The van der Waals surface area contributed by atoms with Crippen LogP contribution in [-0.2, 0) is 13.6 Å². The maximum absolute atomic E-state index is 5.40. The van der Waals surface area contributed by atoms with Crippen LogP contribution in [0.1, 0.15) is 13.8 Å². The Bertz CT molecular complexity index is 89.0. The molecule has 0 N–H and O–H groups in total. The second-order valence-corrected chi connectivity index (χ2v) is 4.30. The zero-order valence-corrected chi connectivity index (χ0v) is 7.66. The van der Waals surface area contributed by atoms with E-state index >= 15 is 0 Å². The molecule has 3 nitrogen and oxygen atoms in total. The molecule has 60 valence electrons. The standard InChI is InChI=1S/C6H14O3Si/c1-3-8-10(9-4-2)6-5-7-6/h6,10H,3-5H2,1-2H3. The summed E-state index contributed by atoms with van der Waals surface area (Å²) < 4.78 is 15.9. The van der Waals surface area contributed by atoms with Gasteiger partial charge >= 0.3 is 9.28 Å². The van der Waals surface area contributed by atoms with Crippen molar-refractivity contribution >= 4 is 9.28 Å². The zero-order chi connectivity index (χ0) is 7.40. The molecule has 0 radical (unpaired) electrons. The fourth-order valence-electron chi connectivity index (χ4n) is 0.804. The second kappa shape index (κ2) is 4.08. The van der Waals surface area contributed by atoms with Crippen LogP contribution in [-0.4, -0.2) is 34.8 Å². The van der Waals surface area contributed by atoms with Gasteiger partial charge in [0.2, 0.25) is 0 Å². The van der Waals surface area contributed by atoms with E-state index in [9.17, 15) is 0 Å². The van der Waals surface area contributed by atoms with Crippen molar-refractivity contribution < 1.29 is 13.6 Å². The highest BCUT2D eigenvalue weighted by Gasteiger charge is 2.36. The maximum Gasteiger partial charge on any atom is 0.353 e. The van der Waals surface area contributed by atoms with Crippen molar-refractivity contribution in [2.45, 2.75) is 19.6 Å². The summed E-state index contributed by atoms with van der Waals surface area (Å²) >= 11 is 0. The molecule has 1 unspecified atom stereocenters. The van der Waals surface area contributed by atoms with Gasteiger partial charge in [0.15, 0.2) is 0 Å². The summed E-state index contributed by atoms with van der Waals surface area (Å²) in [5, 5.41) is 0. The summed E-state index contributed by atoms with van der Waals surface area (Å²) in [6.45, 7) is 6.31. The Morgan fingerprint density at radius 3 is 2.20 bits per heavy atom. The van der Waals surface area contributed by atoms with Gasteiger partial charge in [0.25, 0.3) is 0 Å². The highest BCUT2D eigenvalue weighted by Crippen LogP contribution is 2.14. The predicted octanol–water partition coefficient (Wildman–Crippen LogP) is 0.218. The fourth-order valence-corrected chi connectivity index (χ4v) is 2.41. The number of epoxide rings is 1. The van der Waals surface area contributed by atoms with Crippen LogP contribution >= 0.6 is 0 Å². The normalized spacial score (nSPS) is 23.7. The molecule has 1 saturated heterocycles. The monoisotopic (exact) mass is 162 g/mol. The molecule has 0 aromatic rings. The molecule has 0 aromatic heterocycles. The lowest BCUT2D eigenvalue weighted by molar-refractivity contribution is 0.200. The van der Waals surface area contributed by atoms with Gasteiger partial charge in [-0.1, -0.05) is 0 Å². The largest absolute Gasteiger partial charge is 0.395 e. The van der Waals surface area contributed by atoms with Crippen LogP contribution in [0.3, 0.4) is 0 Å². The minimum Gasteiger partial charge on any atom is -0.395 e.